The van der Waals surface area contributed by atoms with Gasteiger partial charge in [0.15, 0.2) is 0 Å². The highest BCUT2D eigenvalue weighted by molar-refractivity contribution is 6.01. The van der Waals surface area contributed by atoms with Gasteiger partial charge in [0.2, 0.25) is 0 Å². The van der Waals surface area contributed by atoms with E-state index in [0.717, 1.165) is 27.8 Å². The van der Waals surface area contributed by atoms with Crippen LogP contribution < -0.4 is 5.73 Å². The van der Waals surface area contributed by atoms with Crippen molar-refractivity contribution in [2.24, 2.45) is 0 Å². The van der Waals surface area contributed by atoms with Gasteiger partial charge in [0.1, 0.15) is 5.69 Å². The van der Waals surface area contributed by atoms with Crippen molar-refractivity contribution < 1.29 is 0 Å². The fourth-order valence-corrected chi connectivity index (χ4v) is 2.51. The number of nitrogen functional groups attached to an aromatic ring is 1. The van der Waals surface area contributed by atoms with Gasteiger partial charge in [-0.25, -0.2) is 0 Å². The second-order valence-electron chi connectivity index (χ2n) is 6.04. The van der Waals surface area contributed by atoms with E-state index >= 15 is 0 Å². The summed E-state index contributed by atoms with van der Waals surface area (Å²) < 4.78 is 2.06. The molecule has 0 saturated carbocycles. The monoisotopic (exact) mass is 265 g/mol. The standard InChI is InChI=1S/C17H19N3/c1-17(2,3)20-14-11-7-10-13(18)15(14)16(19-20)12-8-5-4-6-9-12/h4-11H,18H2,1-3H3. The summed E-state index contributed by atoms with van der Waals surface area (Å²) in [5, 5.41) is 5.86. The topological polar surface area (TPSA) is 43.8 Å². The Labute approximate surface area is 119 Å². The van der Waals surface area contributed by atoms with Crippen LogP contribution in [0.5, 0.6) is 0 Å². The molecule has 20 heavy (non-hydrogen) atoms. The number of nitrogens with two attached hydrogens (primary N) is 1. The zero-order valence-electron chi connectivity index (χ0n) is 12.1. The van der Waals surface area contributed by atoms with Crippen LogP contribution in [0, 0.1) is 0 Å². The molecule has 2 aromatic carbocycles. The van der Waals surface area contributed by atoms with Crippen molar-refractivity contribution >= 4 is 16.6 Å². The second kappa shape index (κ2) is 4.37. The maximum absolute atomic E-state index is 6.20. The van der Waals surface area contributed by atoms with Crippen molar-refractivity contribution in [1.82, 2.24) is 9.78 Å². The average molecular weight is 265 g/mol. The summed E-state index contributed by atoms with van der Waals surface area (Å²) in [4.78, 5) is 0. The van der Waals surface area contributed by atoms with Gasteiger partial charge in [-0.3, -0.25) is 4.68 Å². The lowest BCUT2D eigenvalue weighted by atomic mass is 10.1. The molecule has 1 heterocycles. The van der Waals surface area contributed by atoms with Gasteiger partial charge in [-0.05, 0) is 32.9 Å². The molecule has 1 aromatic heterocycles. The quantitative estimate of drug-likeness (QED) is 0.675. The first-order valence-corrected chi connectivity index (χ1v) is 6.81. The van der Waals surface area contributed by atoms with E-state index in [2.05, 4.69) is 43.7 Å². The summed E-state index contributed by atoms with van der Waals surface area (Å²) in [5.74, 6) is 0. The third-order valence-electron chi connectivity index (χ3n) is 3.42. The number of aromatic nitrogens is 2. The molecule has 3 rings (SSSR count). The zero-order valence-corrected chi connectivity index (χ0v) is 12.1. The smallest absolute Gasteiger partial charge is 0.102 e. The van der Waals surface area contributed by atoms with Crippen molar-refractivity contribution in [3.05, 3.63) is 48.5 Å². The van der Waals surface area contributed by atoms with Crippen LogP contribution >= 0.6 is 0 Å². The molecule has 3 aromatic rings. The van der Waals surface area contributed by atoms with Gasteiger partial charge in [-0.1, -0.05) is 36.4 Å². The van der Waals surface area contributed by atoms with Crippen molar-refractivity contribution in [3.8, 4) is 11.3 Å². The Morgan fingerprint density at radius 2 is 1.65 bits per heavy atom. The molecule has 0 radical (unpaired) electrons. The predicted molar refractivity (Wildman–Crippen MR) is 84.6 cm³/mol. The number of benzene rings is 2. The van der Waals surface area contributed by atoms with E-state index in [9.17, 15) is 0 Å². The molecule has 102 valence electrons. The van der Waals surface area contributed by atoms with Crippen LogP contribution in [0.3, 0.4) is 0 Å². The SMILES string of the molecule is CC(C)(C)n1nc(-c2ccccc2)c2c(N)cccc21. The first kappa shape index (κ1) is 12.7. The normalized spacial score (nSPS) is 11.9. The maximum Gasteiger partial charge on any atom is 0.102 e. The van der Waals surface area contributed by atoms with E-state index in [1.165, 1.54) is 0 Å². The van der Waals surface area contributed by atoms with Crippen molar-refractivity contribution in [3.63, 3.8) is 0 Å². The summed E-state index contributed by atoms with van der Waals surface area (Å²) >= 11 is 0. The molecule has 2 N–H and O–H groups in total. The second-order valence-corrected chi connectivity index (χ2v) is 6.04. The molecule has 0 amide bonds. The lowest BCUT2D eigenvalue weighted by molar-refractivity contribution is 0.369. The van der Waals surface area contributed by atoms with Gasteiger partial charge < -0.3 is 5.73 Å². The largest absolute Gasteiger partial charge is 0.398 e. The van der Waals surface area contributed by atoms with Crippen molar-refractivity contribution in [1.29, 1.82) is 0 Å². The number of rotatable bonds is 1. The molecule has 0 aliphatic heterocycles. The minimum atomic E-state index is -0.0843. The van der Waals surface area contributed by atoms with E-state index < -0.39 is 0 Å². The first-order chi connectivity index (χ1) is 9.48. The molecule has 0 aliphatic rings. The van der Waals surface area contributed by atoms with Crippen molar-refractivity contribution in [2.75, 3.05) is 5.73 Å². The van der Waals surface area contributed by atoms with Crippen LogP contribution in [0.15, 0.2) is 48.5 Å². The number of nitrogens with zero attached hydrogens (tertiary/aromatic N) is 2. The van der Waals surface area contributed by atoms with Gasteiger partial charge in [-0.2, -0.15) is 5.10 Å². The molecular formula is C17H19N3. The molecule has 0 aliphatic carbocycles. The number of fused-ring (bicyclic) bond motifs is 1. The molecule has 0 atom stereocenters. The van der Waals surface area contributed by atoms with E-state index in [0.29, 0.717) is 0 Å². The Bertz CT molecular complexity index is 749. The fourth-order valence-electron chi connectivity index (χ4n) is 2.51. The number of hydrogen-bond acceptors (Lipinski definition) is 2. The summed E-state index contributed by atoms with van der Waals surface area (Å²) in [6.07, 6.45) is 0. The van der Waals surface area contributed by atoms with Gasteiger partial charge in [0.25, 0.3) is 0 Å². The summed E-state index contributed by atoms with van der Waals surface area (Å²) in [7, 11) is 0. The molecule has 0 fully saturated rings. The summed E-state index contributed by atoms with van der Waals surface area (Å²) in [6, 6.07) is 16.2. The fraction of sp³-hybridized carbons (Fsp3) is 0.235. The molecule has 3 nitrogen and oxygen atoms in total. The van der Waals surface area contributed by atoms with Crippen LogP contribution in [-0.2, 0) is 5.54 Å². The van der Waals surface area contributed by atoms with Gasteiger partial charge >= 0.3 is 0 Å². The number of anilines is 1. The van der Waals surface area contributed by atoms with Crippen molar-refractivity contribution in [2.45, 2.75) is 26.3 Å². The van der Waals surface area contributed by atoms with Crippen LogP contribution in [0.2, 0.25) is 0 Å². The molecule has 3 heteroatoms. The van der Waals surface area contributed by atoms with E-state index in [1.54, 1.807) is 0 Å². The highest BCUT2D eigenvalue weighted by Gasteiger charge is 2.21. The Morgan fingerprint density at radius 1 is 0.950 bits per heavy atom. The Hall–Kier alpha value is -2.29. The van der Waals surface area contributed by atoms with Crippen LogP contribution in [0.25, 0.3) is 22.2 Å². The molecular weight excluding hydrogens is 246 g/mol. The Morgan fingerprint density at radius 3 is 2.30 bits per heavy atom. The zero-order chi connectivity index (χ0) is 14.3. The average Bonchev–Trinajstić information content (AvgIpc) is 2.81. The predicted octanol–water partition coefficient (Wildman–Crippen LogP) is 4.04. The van der Waals surface area contributed by atoms with E-state index in [4.69, 9.17) is 10.8 Å². The van der Waals surface area contributed by atoms with Gasteiger partial charge in [0.05, 0.1) is 16.4 Å². The third kappa shape index (κ3) is 1.95. The minimum absolute atomic E-state index is 0.0843. The first-order valence-electron chi connectivity index (χ1n) is 6.81. The number of hydrogen-bond donors (Lipinski definition) is 1. The molecule has 0 bridgehead atoms. The summed E-state index contributed by atoms with van der Waals surface area (Å²) in [6.45, 7) is 6.45. The Balaban J connectivity index is 2.39. The van der Waals surface area contributed by atoms with E-state index in [-0.39, 0.29) is 5.54 Å². The lowest BCUT2D eigenvalue weighted by Crippen LogP contribution is -2.22. The van der Waals surface area contributed by atoms with Crippen LogP contribution in [0.4, 0.5) is 5.69 Å². The van der Waals surface area contributed by atoms with Crippen LogP contribution in [0.1, 0.15) is 20.8 Å². The molecule has 0 unspecified atom stereocenters. The maximum atomic E-state index is 6.20. The summed E-state index contributed by atoms with van der Waals surface area (Å²) in [5.41, 5.74) is 10.0. The molecule has 0 spiro atoms. The van der Waals surface area contributed by atoms with Crippen LogP contribution in [-0.4, -0.2) is 9.78 Å². The Kier molecular flexibility index (Phi) is 2.78. The highest BCUT2D eigenvalue weighted by Crippen LogP contribution is 2.34. The lowest BCUT2D eigenvalue weighted by Gasteiger charge is -2.20. The minimum Gasteiger partial charge on any atom is -0.398 e. The third-order valence-corrected chi connectivity index (χ3v) is 3.42. The van der Waals surface area contributed by atoms with Gasteiger partial charge in [0, 0.05) is 11.3 Å². The van der Waals surface area contributed by atoms with E-state index in [1.807, 2.05) is 30.3 Å². The highest BCUT2D eigenvalue weighted by atomic mass is 15.3. The van der Waals surface area contributed by atoms with Gasteiger partial charge in [-0.15, -0.1) is 0 Å². The molecule has 0 saturated heterocycles.